The molecule has 3 heterocycles. The first kappa shape index (κ1) is 23.3. The normalized spacial score (nSPS) is 16.0. The van der Waals surface area contributed by atoms with E-state index in [2.05, 4.69) is 53.3 Å². The van der Waals surface area contributed by atoms with Gasteiger partial charge in [-0.05, 0) is 56.0 Å². The Morgan fingerprint density at radius 1 is 1.20 bits per heavy atom. The summed E-state index contributed by atoms with van der Waals surface area (Å²) in [4.78, 5) is 19.8. The standard InChI is InChI=1S/C27H27ClFN5O/c1-17-5-7-21(18(2)12-17)24-14-25-26(30-9-11-34(25)32-24)33-10-3-4-20(16-33)27(35)31-15-19-6-8-23(29)22(28)13-19/h5-9,11-14,20H,3-4,10,15-16H2,1-2H3,(H,31,35)/t20-/m1/s1. The third-order valence-electron chi connectivity index (χ3n) is 6.57. The number of carbonyl (C=O) groups is 1. The van der Waals surface area contributed by atoms with Crippen molar-refractivity contribution < 1.29 is 9.18 Å². The number of nitrogens with zero attached hydrogens (tertiary/aromatic N) is 4. The summed E-state index contributed by atoms with van der Waals surface area (Å²) in [6, 6.07) is 12.9. The number of aryl methyl sites for hydroxylation is 2. The van der Waals surface area contributed by atoms with E-state index < -0.39 is 5.82 Å². The predicted molar refractivity (Wildman–Crippen MR) is 136 cm³/mol. The van der Waals surface area contributed by atoms with E-state index in [4.69, 9.17) is 16.7 Å². The molecule has 1 aliphatic heterocycles. The number of carbonyl (C=O) groups excluding carboxylic acids is 1. The van der Waals surface area contributed by atoms with E-state index in [-0.39, 0.29) is 16.8 Å². The molecule has 6 nitrogen and oxygen atoms in total. The van der Waals surface area contributed by atoms with Crippen molar-refractivity contribution in [1.29, 1.82) is 0 Å². The number of hydrogen-bond acceptors (Lipinski definition) is 4. The Bertz CT molecular complexity index is 1400. The zero-order valence-electron chi connectivity index (χ0n) is 19.8. The molecule has 2 aromatic heterocycles. The summed E-state index contributed by atoms with van der Waals surface area (Å²) >= 11 is 5.86. The molecular weight excluding hydrogens is 465 g/mol. The van der Waals surface area contributed by atoms with Gasteiger partial charge >= 0.3 is 0 Å². The van der Waals surface area contributed by atoms with Crippen molar-refractivity contribution in [3.63, 3.8) is 0 Å². The van der Waals surface area contributed by atoms with Crippen LogP contribution < -0.4 is 10.2 Å². The van der Waals surface area contributed by atoms with Crippen molar-refractivity contribution >= 4 is 28.8 Å². The highest BCUT2D eigenvalue weighted by atomic mass is 35.5. The topological polar surface area (TPSA) is 62.5 Å². The lowest BCUT2D eigenvalue weighted by Crippen LogP contribution is -2.43. The molecule has 1 N–H and O–H groups in total. The minimum atomic E-state index is -0.466. The molecule has 2 aromatic carbocycles. The van der Waals surface area contributed by atoms with Crippen LogP contribution in [0.15, 0.2) is 54.9 Å². The second-order valence-electron chi connectivity index (χ2n) is 9.18. The van der Waals surface area contributed by atoms with Crippen LogP contribution in [0.1, 0.15) is 29.5 Å². The maximum Gasteiger partial charge on any atom is 0.225 e. The van der Waals surface area contributed by atoms with Gasteiger partial charge in [-0.1, -0.05) is 41.4 Å². The van der Waals surface area contributed by atoms with Crippen LogP contribution in [0.3, 0.4) is 0 Å². The van der Waals surface area contributed by atoms with Gasteiger partial charge in [-0.15, -0.1) is 0 Å². The zero-order valence-corrected chi connectivity index (χ0v) is 20.5. The van der Waals surface area contributed by atoms with Crippen LogP contribution in [-0.4, -0.2) is 33.6 Å². The van der Waals surface area contributed by atoms with Gasteiger partial charge in [0.05, 0.1) is 16.6 Å². The van der Waals surface area contributed by atoms with Crippen LogP contribution in [0.5, 0.6) is 0 Å². The smallest absolute Gasteiger partial charge is 0.225 e. The van der Waals surface area contributed by atoms with Gasteiger partial charge in [-0.3, -0.25) is 4.79 Å². The summed E-state index contributed by atoms with van der Waals surface area (Å²) in [6.07, 6.45) is 5.31. The van der Waals surface area contributed by atoms with E-state index in [1.165, 1.54) is 17.2 Å². The number of halogens is 2. The SMILES string of the molecule is Cc1ccc(-c2cc3c(N4CCC[C@@H](C(=O)NCc5ccc(F)c(Cl)c5)C4)nccn3n2)c(C)c1. The van der Waals surface area contributed by atoms with E-state index >= 15 is 0 Å². The zero-order chi connectivity index (χ0) is 24.5. The fraction of sp³-hybridized carbons (Fsp3) is 0.296. The van der Waals surface area contributed by atoms with E-state index in [1.54, 1.807) is 18.3 Å². The minimum Gasteiger partial charge on any atom is -0.354 e. The molecule has 4 aromatic rings. The molecule has 0 bridgehead atoms. The number of benzene rings is 2. The number of anilines is 1. The average Bonchev–Trinajstić information content (AvgIpc) is 3.28. The highest BCUT2D eigenvalue weighted by molar-refractivity contribution is 6.30. The van der Waals surface area contributed by atoms with E-state index in [0.29, 0.717) is 13.1 Å². The van der Waals surface area contributed by atoms with Crippen molar-refractivity contribution in [1.82, 2.24) is 19.9 Å². The van der Waals surface area contributed by atoms with Gasteiger partial charge < -0.3 is 10.2 Å². The molecule has 180 valence electrons. The monoisotopic (exact) mass is 491 g/mol. The number of fused-ring (bicyclic) bond motifs is 1. The van der Waals surface area contributed by atoms with Crippen molar-refractivity contribution in [3.05, 3.63) is 82.4 Å². The fourth-order valence-electron chi connectivity index (χ4n) is 4.75. The van der Waals surface area contributed by atoms with Gasteiger partial charge in [0.15, 0.2) is 5.82 Å². The molecule has 0 radical (unpaired) electrons. The molecule has 35 heavy (non-hydrogen) atoms. The Kier molecular flexibility index (Phi) is 6.43. The van der Waals surface area contributed by atoms with E-state index in [1.807, 2.05) is 10.7 Å². The average molecular weight is 492 g/mol. The molecule has 1 saturated heterocycles. The van der Waals surface area contributed by atoms with Gasteiger partial charge in [0.1, 0.15) is 11.3 Å². The molecule has 1 atom stereocenters. The molecule has 1 aliphatic rings. The summed E-state index contributed by atoms with van der Waals surface area (Å²) in [5, 5.41) is 7.83. The Balaban J connectivity index is 1.33. The Morgan fingerprint density at radius 2 is 2.06 bits per heavy atom. The summed E-state index contributed by atoms with van der Waals surface area (Å²) in [5.41, 5.74) is 6.09. The maximum absolute atomic E-state index is 13.4. The lowest BCUT2D eigenvalue weighted by molar-refractivity contribution is -0.125. The van der Waals surface area contributed by atoms with Crippen molar-refractivity contribution in [2.45, 2.75) is 33.2 Å². The second kappa shape index (κ2) is 9.66. The van der Waals surface area contributed by atoms with Gasteiger partial charge in [0, 0.05) is 37.6 Å². The highest BCUT2D eigenvalue weighted by Gasteiger charge is 2.28. The molecule has 0 spiro atoms. The number of nitrogens with one attached hydrogen (secondary N) is 1. The molecule has 5 rings (SSSR count). The lowest BCUT2D eigenvalue weighted by Gasteiger charge is -2.33. The quantitative estimate of drug-likeness (QED) is 0.409. The predicted octanol–water partition coefficient (Wildman–Crippen LogP) is 5.34. The molecule has 0 aliphatic carbocycles. The second-order valence-corrected chi connectivity index (χ2v) is 9.59. The number of aromatic nitrogens is 3. The van der Waals surface area contributed by atoms with Crippen molar-refractivity contribution in [3.8, 4) is 11.3 Å². The first-order valence-electron chi connectivity index (χ1n) is 11.8. The van der Waals surface area contributed by atoms with Crippen LogP contribution in [0.25, 0.3) is 16.8 Å². The Labute approximate surface area is 208 Å². The number of hydrogen-bond donors (Lipinski definition) is 1. The first-order chi connectivity index (χ1) is 16.9. The van der Waals surface area contributed by atoms with Crippen LogP contribution in [0, 0.1) is 25.6 Å². The molecule has 8 heteroatoms. The molecular formula is C27H27ClFN5O. The fourth-order valence-corrected chi connectivity index (χ4v) is 4.95. The number of piperidine rings is 1. The Hall–Kier alpha value is -3.45. The summed E-state index contributed by atoms with van der Waals surface area (Å²) < 4.78 is 15.3. The Morgan fingerprint density at radius 3 is 2.86 bits per heavy atom. The molecule has 0 unspecified atom stereocenters. The first-order valence-corrected chi connectivity index (χ1v) is 12.2. The van der Waals surface area contributed by atoms with E-state index in [0.717, 1.165) is 47.5 Å². The third-order valence-corrected chi connectivity index (χ3v) is 6.86. The van der Waals surface area contributed by atoms with Crippen molar-refractivity contribution in [2.24, 2.45) is 5.92 Å². The minimum absolute atomic E-state index is 0.0217. The van der Waals surface area contributed by atoms with Crippen LogP contribution in [0.4, 0.5) is 10.2 Å². The molecule has 1 fully saturated rings. The number of amides is 1. The van der Waals surface area contributed by atoms with Crippen LogP contribution >= 0.6 is 11.6 Å². The van der Waals surface area contributed by atoms with Gasteiger partial charge in [-0.25, -0.2) is 13.9 Å². The van der Waals surface area contributed by atoms with Gasteiger partial charge in [0.25, 0.3) is 0 Å². The maximum atomic E-state index is 13.4. The highest BCUT2D eigenvalue weighted by Crippen LogP contribution is 2.30. The lowest BCUT2D eigenvalue weighted by atomic mass is 9.97. The molecule has 0 saturated carbocycles. The largest absolute Gasteiger partial charge is 0.354 e. The van der Waals surface area contributed by atoms with Gasteiger partial charge in [0.2, 0.25) is 5.91 Å². The van der Waals surface area contributed by atoms with E-state index in [9.17, 15) is 9.18 Å². The van der Waals surface area contributed by atoms with Crippen LogP contribution in [-0.2, 0) is 11.3 Å². The van der Waals surface area contributed by atoms with Crippen molar-refractivity contribution in [2.75, 3.05) is 18.0 Å². The number of rotatable bonds is 5. The van der Waals surface area contributed by atoms with Gasteiger partial charge in [-0.2, -0.15) is 5.10 Å². The third kappa shape index (κ3) is 4.86. The van der Waals surface area contributed by atoms with Crippen LogP contribution in [0.2, 0.25) is 5.02 Å². The summed E-state index contributed by atoms with van der Waals surface area (Å²) in [5.74, 6) is 0.181. The summed E-state index contributed by atoms with van der Waals surface area (Å²) in [6.45, 7) is 5.89. The molecule has 1 amide bonds. The summed E-state index contributed by atoms with van der Waals surface area (Å²) in [7, 11) is 0.